The maximum atomic E-state index is 12.4. The van der Waals surface area contributed by atoms with E-state index in [9.17, 15) is 4.79 Å². The SMILES string of the molecule is Cc1cccc(NC(=O)CCc2c(C)nc3c4cccnc4nn3c2C)c1. The Hall–Kier alpha value is -3.28. The number of hydrogen-bond acceptors (Lipinski definition) is 4. The van der Waals surface area contributed by atoms with E-state index in [-0.39, 0.29) is 5.91 Å². The largest absolute Gasteiger partial charge is 0.326 e. The molecule has 6 nitrogen and oxygen atoms in total. The topological polar surface area (TPSA) is 72.2 Å². The normalized spacial score (nSPS) is 11.2. The molecule has 1 aromatic carbocycles. The van der Waals surface area contributed by atoms with Gasteiger partial charge >= 0.3 is 0 Å². The fraction of sp³-hybridized carbons (Fsp3) is 0.238. The lowest BCUT2D eigenvalue weighted by Gasteiger charge is -2.11. The monoisotopic (exact) mass is 359 g/mol. The highest BCUT2D eigenvalue weighted by Gasteiger charge is 2.15. The molecule has 0 fully saturated rings. The number of nitrogens with one attached hydrogen (secondary N) is 1. The number of amides is 1. The summed E-state index contributed by atoms with van der Waals surface area (Å²) in [5.74, 6) is -0.00760. The standard InChI is InChI=1S/C21H21N5O/c1-13-6-4-7-16(12-13)24-19(27)10-9-17-14(2)23-21-18-8-5-11-22-20(18)25-26(21)15(17)3/h4-8,11-12H,9-10H2,1-3H3,(H,24,27). The van der Waals surface area contributed by atoms with Crippen molar-refractivity contribution in [3.8, 4) is 0 Å². The van der Waals surface area contributed by atoms with Crippen LogP contribution in [0.15, 0.2) is 42.6 Å². The quantitative estimate of drug-likeness (QED) is 0.602. The van der Waals surface area contributed by atoms with Gasteiger partial charge in [-0.25, -0.2) is 14.5 Å². The van der Waals surface area contributed by atoms with Crippen LogP contribution in [0.4, 0.5) is 5.69 Å². The van der Waals surface area contributed by atoms with Crippen LogP contribution in [0.2, 0.25) is 0 Å². The smallest absolute Gasteiger partial charge is 0.224 e. The molecule has 4 aromatic rings. The van der Waals surface area contributed by atoms with Crippen molar-refractivity contribution in [1.82, 2.24) is 19.6 Å². The first-order valence-corrected chi connectivity index (χ1v) is 8.99. The van der Waals surface area contributed by atoms with Crippen LogP contribution in [-0.2, 0) is 11.2 Å². The average molecular weight is 359 g/mol. The van der Waals surface area contributed by atoms with Crippen molar-refractivity contribution >= 4 is 28.3 Å². The van der Waals surface area contributed by atoms with Crippen molar-refractivity contribution in [1.29, 1.82) is 0 Å². The summed E-state index contributed by atoms with van der Waals surface area (Å²) in [5.41, 5.74) is 6.41. The third-order valence-corrected chi connectivity index (χ3v) is 4.79. The summed E-state index contributed by atoms with van der Waals surface area (Å²) in [6, 6.07) is 11.7. The van der Waals surface area contributed by atoms with Gasteiger partial charge in [-0.3, -0.25) is 4.79 Å². The third-order valence-electron chi connectivity index (χ3n) is 4.79. The molecule has 0 bridgehead atoms. The second kappa shape index (κ2) is 6.79. The zero-order valence-electron chi connectivity index (χ0n) is 15.7. The second-order valence-electron chi connectivity index (χ2n) is 6.79. The van der Waals surface area contributed by atoms with E-state index in [0.29, 0.717) is 18.5 Å². The molecule has 4 rings (SSSR count). The Kier molecular flexibility index (Phi) is 4.32. The Morgan fingerprint density at radius 3 is 2.81 bits per heavy atom. The molecule has 3 heterocycles. The highest BCUT2D eigenvalue weighted by Crippen LogP contribution is 2.22. The molecule has 0 saturated carbocycles. The van der Waals surface area contributed by atoms with Crippen molar-refractivity contribution < 1.29 is 4.79 Å². The maximum Gasteiger partial charge on any atom is 0.224 e. The van der Waals surface area contributed by atoms with Crippen LogP contribution in [0.25, 0.3) is 16.7 Å². The van der Waals surface area contributed by atoms with Gasteiger partial charge < -0.3 is 5.32 Å². The molecule has 1 amide bonds. The molecule has 0 aliphatic heterocycles. The molecule has 0 aliphatic rings. The van der Waals surface area contributed by atoms with E-state index in [2.05, 4.69) is 15.4 Å². The van der Waals surface area contributed by atoms with Gasteiger partial charge in [-0.05, 0) is 62.6 Å². The predicted molar refractivity (Wildman–Crippen MR) is 106 cm³/mol. The molecule has 0 aliphatic carbocycles. The number of pyridine rings is 1. The Morgan fingerprint density at radius 2 is 2.00 bits per heavy atom. The summed E-state index contributed by atoms with van der Waals surface area (Å²) in [6.45, 7) is 6.00. The lowest BCUT2D eigenvalue weighted by molar-refractivity contribution is -0.116. The highest BCUT2D eigenvalue weighted by atomic mass is 16.1. The zero-order chi connectivity index (χ0) is 19.0. The first-order chi connectivity index (χ1) is 13.0. The fourth-order valence-corrected chi connectivity index (χ4v) is 3.41. The minimum absolute atomic E-state index is 0.00760. The van der Waals surface area contributed by atoms with Crippen molar-refractivity contribution in [2.75, 3.05) is 5.32 Å². The molecule has 0 radical (unpaired) electrons. The van der Waals surface area contributed by atoms with Gasteiger partial charge in [0.15, 0.2) is 11.3 Å². The minimum atomic E-state index is -0.00760. The van der Waals surface area contributed by atoms with E-state index in [0.717, 1.165) is 39.2 Å². The molecule has 6 heteroatoms. The molecule has 136 valence electrons. The van der Waals surface area contributed by atoms with Crippen LogP contribution in [0.5, 0.6) is 0 Å². The summed E-state index contributed by atoms with van der Waals surface area (Å²) in [4.78, 5) is 21.4. The summed E-state index contributed by atoms with van der Waals surface area (Å²) in [7, 11) is 0. The lowest BCUT2D eigenvalue weighted by Crippen LogP contribution is -2.14. The number of rotatable bonds is 4. The first-order valence-electron chi connectivity index (χ1n) is 8.99. The Labute approximate surface area is 157 Å². The van der Waals surface area contributed by atoms with E-state index in [1.165, 1.54) is 0 Å². The van der Waals surface area contributed by atoms with Crippen LogP contribution in [0.1, 0.15) is 28.9 Å². The van der Waals surface area contributed by atoms with Crippen molar-refractivity contribution in [2.24, 2.45) is 0 Å². The maximum absolute atomic E-state index is 12.4. The van der Waals surface area contributed by atoms with Crippen LogP contribution >= 0.6 is 0 Å². The fourth-order valence-electron chi connectivity index (χ4n) is 3.41. The molecule has 0 saturated heterocycles. The van der Waals surface area contributed by atoms with Gasteiger partial charge in [0.1, 0.15) is 0 Å². The van der Waals surface area contributed by atoms with Gasteiger partial charge in [-0.15, -0.1) is 5.10 Å². The van der Waals surface area contributed by atoms with Crippen LogP contribution in [-0.4, -0.2) is 25.5 Å². The van der Waals surface area contributed by atoms with Gasteiger partial charge in [-0.2, -0.15) is 0 Å². The number of fused-ring (bicyclic) bond motifs is 3. The minimum Gasteiger partial charge on any atom is -0.326 e. The van der Waals surface area contributed by atoms with E-state index in [1.54, 1.807) is 6.20 Å². The molecule has 0 unspecified atom stereocenters. The van der Waals surface area contributed by atoms with Gasteiger partial charge in [0.05, 0.1) is 5.39 Å². The van der Waals surface area contributed by atoms with Crippen molar-refractivity contribution in [3.05, 3.63) is 65.1 Å². The molecule has 0 atom stereocenters. The number of hydrogen-bond donors (Lipinski definition) is 1. The Balaban J connectivity index is 1.58. The Bertz CT molecular complexity index is 1160. The van der Waals surface area contributed by atoms with E-state index in [1.807, 2.05) is 61.7 Å². The predicted octanol–water partition coefficient (Wildman–Crippen LogP) is 3.77. The molecule has 3 aromatic heterocycles. The van der Waals surface area contributed by atoms with Gasteiger partial charge in [0, 0.05) is 29.7 Å². The molecular formula is C21H21N5O. The Morgan fingerprint density at radius 1 is 1.15 bits per heavy atom. The lowest BCUT2D eigenvalue weighted by atomic mass is 10.1. The third kappa shape index (κ3) is 3.26. The highest BCUT2D eigenvalue weighted by molar-refractivity contribution is 5.91. The van der Waals surface area contributed by atoms with Gasteiger partial charge in [-0.1, -0.05) is 12.1 Å². The zero-order valence-corrected chi connectivity index (χ0v) is 15.7. The summed E-state index contributed by atoms with van der Waals surface area (Å²) < 4.78 is 1.83. The number of benzene rings is 1. The second-order valence-corrected chi connectivity index (χ2v) is 6.79. The average Bonchev–Trinajstić information content (AvgIpc) is 3.00. The van der Waals surface area contributed by atoms with Crippen LogP contribution < -0.4 is 5.32 Å². The van der Waals surface area contributed by atoms with Gasteiger partial charge in [0.25, 0.3) is 0 Å². The summed E-state index contributed by atoms with van der Waals surface area (Å²) in [6.07, 6.45) is 2.73. The van der Waals surface area contributed by atoms with Crippen molar-refractivity contribution in [3.63, 3.8) is 0 Å². The van der Waals surface area contributed by atoms with Crippen molar-refractivity contribution in [2.45, 2.75) is 33.6 Å². The summed E-state index contributed by atoms with van der Waals surface area (Å²) >= 11 is 0. The number of aryl methyl sites for hydroxylation is 3. The number of carbonyl (C=O) groups excluding carboxylic acids is 1. The number of carbonyl (C=O) groups is 1. The molecule has 27 heavy (non-hydrogen) atoms. The van der Waals surface area contributed by atoms with Gasteiger partial charge in [0.2, 0.25) is 5.91 Å². The first kappa shape index (κ1) is 17.1. The van der Waals surface area contributed by atoms with E-state index >= 15 is 0 Å². The number of aromatic nitrogens is 4. The number of anilines is 1. The molecular weight excluding hydrogens is 338 g/mol. The molecule has 1 N–H and O–H groups in total. The van der Waals surface area contributed by atoms with E-state index in [4.69, 9.17) is 4.98 Å². The molecule has 0 spiro atoms. The number of nitrogens with zero attached hydrogens (tertiary/aromatic N) is 4. The van der Waals surface area contributed by atoms with Crippen LogP contribution in [0.3, 0.4) is 0 Å². The summed E-state index contributed by atoms with van der Waals surface area (Å²) in [5, 5.41) is 8.46. The van der Waals surface area contributed by atoms with E-state index < -0.39 is 0 Å². The van der Waals surface area contributed by atoms with Crippen LogP contribution in [0, 0.1) is 20.8 Å².